The molecular formula is C12H5Cl3O6S. The van der Waals surface area contributed by atoms with Gasteiger partial charge in [0, 0.05) is 21.5 Å². The zero-order valence-corrected chi connectivity index (χ0v) is 13.4. The number of hydrogen-bond acceptors (Lipinski definition) is 4. The van der Waals surface area contributed by atoms with E-state index in [2.05, 4.69) is 0 Å². The van der Waals surface area contributed by atoms with Crippen molar-refractivity contribution in [2.24, 2.45) is 0 Å². The van der Waals surface area contributed by atoms with E-state index in [4.69, 9.17) is 44.1 Å². The molecule has 6 nitrogen and oxygen atoms in total. The van der Waals surface area contributed by atoms with Gasteiger partial charge in [0.15, 0.2) is 0 Å². The molecule has 2 rings (SSSR count). The standard InChI is InChI=1S/C12H5Cl3O6S/c13-8-6-3-4(11(16)17)1-2-5(6)10(22(15,20)21)9(14)7(8)12(18)19/h1-3H,(H,16,17)(H,18,19). The number of carboxylic acids is 2. The van der Waals surface area contributed by atoms with Crippen LogP contribution in [0.3, 0.4) is 0 Å². The highest BCUT2D eigenvalue weighted by Crippen LogP contribution is 2.41. The van der Waals surface area contributed by atoms with Gasteiger partial charge in [-0.15, -0.1) is 0 Å². The molecule has 0 heterocycles. The number of carboxylic acid groups (broad SMARTS) is 2. The lowest BCUT2D eigenvalue weighted by molar-refractivity contribution is 0.0687. The molecule has 0 bridgehead atoms. The summed E-state index contributed by atoms with van der Waals surface area (Å²) in [7, 11) is 0.914. The van der Waals surface area contributed by atoms with Crippen LogP contribution in [-0.2, 0) is 9.05 Å². The van der Waals surface area contributed by atoms with Crippen molar-refractivity contribution >= 4 is 65.6 Å². The first-order valence-electron chi connectivity index (χ1n) is 5.41. The van der Waals surface area contributed by atoms with E-state index < -0.39 is 36.5 Å². The second kappa shape index (κ2) is 5.58. The molecule has 0 aromatic heterocycles. The minimum Gasteiger partial charge on any atom is -0.478 e. The molecular weight excluding hydrogens is 379 g/mol. The lowest BCUT2D eigenvalue weighted by Gasteiger charge is -2.12. The van der Waals surface area contributed by atoms with Crippen molar-refractivity contribution in [1.29, 1.82) is 0 Å². The molecule has 0 unspecified atom stereocenters. The minimum atomic E-state index is -4.40. The molecule has 0 amide bonds. The molecule has 0 fully saturated rings. The van der Waals surface area contributed by atoms with Gasteiger partial charge >= 0.3 is 11.9 Å². The number of fused-ring (bicyclic) bond motifs is 1. The summed E-state index contributed by atoms with van der Waals surface area (Å²) >= 11 is 11.8. The average Bonchev–Trinajstić information content (AvgIpc) is 2.36. The van der Waals surface area contributed by atoms with Gasteiger partial charge in [-0.2, -0.15) is 0 Å². The predicted molar refractivity (Wildman–Crippen MR) is 80.9 cm³/mol. The number of hydrogen-bond donors (Lipinski definition) is 2. The third-order valence-electron chi connectivity index (χ3n) is 2.84. The van der Waals surface area contributed by atoms with Crippen LogP contribution >= 0.6 is 33.9 Å². The van der Waals surface area contributed by atoms with E-state index in [9.17, 15) is 18.0 Å². The summed E-state index contributed by atoms with van der Waals surface area (Å²) in [4.78, 5) is 21.6. The zero-order valence-electron chi connectivity index (χ0n) is 10.3. The van der Waals surface area contributed by atoms with Gasteiger partial charge in [-0.25, -0.2) is 18.0 Å². The van der Waals surface area contributed by atoms with Gasteiger partial charge < -0.3 is 10.2 Å². The zero-order chi connectivity index (χ0) is 16.8. The number of halogens is 3. The Morgan fingerprint density at radius 2 is 1.55 bits per heavy atom. The Bertz CT molecular complexity index is 936. The highest BCUT2D eigenvalue weighted by molar-refractivity contribution is 8.14. The second-order valence-electron chi connectivity index (χ2n) is 4.14. The van der Waals surface area contributed by atoms with Crippen molar-refractivity contribution in [3.8, 4) is 0 Å². The second-order valence-corrected chi connectivity index (χ2v) is 7.40. The molecule has 22 heavy (non-hydrogen) atoms. The third-order valence-corrected chi connectivity index (χ3v) is 5.10. The van der Waals surface area contributed by atoms with E-state index in [0.717, 1.165) is 18.2 Å². The molecule has 0 saturated heterocycles. The van der Waals surface area contributed by atoms with Crippen LogP contribution in [0, 0.1) is 0 Å². The van der Waals surface area contributed by atoms with Gasteiger partial charge in [-0.3, -0.25) is 0 Å². The maximum atomic E-state index is 11.7. The van der Waals surface area contributed by atoms with Gasteiger partial charge in [-0.1, -0.05) is 29.3 Å². The first kappa shape index (κ1) is 16.8. The van der Waals surface area contributed by atoms with Crippen LogP contribution in [0.15, 0.2) is 23.1 Å². The summed E-state index contributed by atoms with van der Waals surface area (Å²) in [5.41, 5.74) is -0.872. The van der Waals surface area contributed by atoms with Crippen molar-refractivity contribution in [3.63, 3.8) is 0 Å². The van der Waals surface area contributed by atoms with Gasteiger partial charge in [0.25, 0.3) is 9.05 Å². The molecule has 116 valence electrons. The Morgan fingerprint density at radius 3 is 2.00 bits per heavy atom. The van der Waals surface area contributed by atoms with Crippen molar-refractivity contribution in [1.82, 2.24) is 0 Å². The lowest BCUT2D eigenvalue weighted by Crippen LogP contribution is -2.06. The monoisotopic (exact) mass is 382 g/mol. The number of aromatic carboxylic acids is 2. The fourth-order valence-corrected chi connectivity index (χ4v) is 4.26. The largest absolute Gasteiger partial charge is 0.478 e. The molecule has 0 aliphatic carbocycles. The maximum Gasteiger partial charge on any atom is 0.338 e. The molecule has 0 spiro atoms. The molecule has 0 atom stereocenters. The van der Waals surface area contributed by atoms with Gasteiger partial charge in [0.05, 0.1) is 21.2 Å². The quantitative estimate of drug-likeness (QED) is 0.786. The minimum absolute atomic E-state index is 0.0694. The predicted octanol–water partition coefficient (Wildman–Crippen LogP) is 3.47. The Morgan fingerprint density at radius 1 is 0.955 bits per heavy atom. The van der Waals surface area contributed by atoms with Crippen molar-refractivity contribution < 1.29 is 28.2 Å². The fourth-order valence-electron chi connectivity index (χ4n) is 1.95. The molecule has 2 aromatic rings. The molecule has 0 saturated carbocycles. The van der Waals surface area contributed by atoms with Crippen molar-refractivity contribution in [2.75, 3.05) is 0 Å². The van der Waals surface area contributed by atoms with E-state index in [1.807, 2.05) is 0 Å². The highest BCUT2D eigenvalue weighted by Gasteiger charge is 2.28. The van der Waals surface area contributed by atoms with Gasteiger partial charge in [0.1, 0.15) is 4.90 Å². The number of benzene rings is 2. The Hall–Kier alpha value is -1.54. The summed E-state index contributed by atoms with van der Waals surface area (Å²) in [5, 5.41) is 16.9. The first-order chi connectivity index (χ1) is 10.1. The van der Waals surface area contributed by atoms with E-state index in [0.29, 0.717) is 0 Å². The first-order valence-corrected chi connectivity index (χ1v) is 8.48. The molecule has 2 N–H and O–H groups in total. The van der Waals surface area contributed by atoms with Crippen LogP contribution in [0.4, 0.5) is 0 Å². The smallest absolute Gasteiger partial charge is 0.338 e. The highest BCUT2D eigenvalue weighted by atomic mass is 35.7. The van der Waals surface area contributed by atoms with Crippen LogP contribution in [0.5, 0.6) is 0 Å². The van der Waals surface area contributed by atoms with Crippen LogP contribution in [-0.4, -0.2) is 30.6 Å². The van der Waals surface area contributed by atoms with E-state index in [-0.39, 0.29) is 21.4 Å². The van der Waals surface area contributed by atoms with Crippen LogP contribution in [0.2, 0.25) is 10.0 Å². The topological polar surface area (TPSA) is 109 Å². The Labute approximate surface area is 138 Å². The summed E-state index contributed by atoms with van der Waals surface area (Å²) in [6, 6.07) is 3.33. The Kier molecular flexibility index (Phi) is 4.27. The number of carbonyl (C=O) groups is 2. The number of rotatable bonds is 3. The average molecular weight is 384 g/mol. The molecule has 10 heteroatoms. The Balaban J connectivity index is 3.13. The summed E-state index contributed by atoms with van der Waals surface area (Å²) < 4.78 is 23.4. The SMILES string of the molecule is O=C(O)c1ccc2c(S(=O)(=O)Cl)c(Cl)c(C(=O)O)c(Cl)c2c1. The van der Waals surface area contributed by atoms with Crippen LogP contribution < -0.4 is 0 Å². The lowest BCUT2D eigenvalue weighted by atomic mass is 10.0. The summed E-state index contributed by atoms with van der Waals surface area (Å²) in [6.45, 7) is 0. The van der Waals surface area contributed by atoms with Crippen LogP contribution in [0.25, 0.3) is 10.8 Å². The van der Waals surface area contributed by atoms with Crippen molar-refractivity contribution in [2.45, 2.75) is 4.90 Å². The summed E-state index contributed by atoms with van der Waals surface area (Å²) in [5.74, 6) is -2.86. The summed E-state index contributed by atoms with van der Waals surface area (Å²) in [6.07, 6.45) is 0. The molecule has 0 aliphatic heterocycles. The third kappa shape index (κ3) is 2.72. The fraction of sp³-hybridized carbons (Fsp3) is 0. The van der Waals surface area contributed by atoms with E-state index in [1.165, 1.54) is 0 Å². The maximum absolute atomic E-state index is 11.7. The van der Waals surface area contributed by atoms with Crippen LogP contribution in [0.1, 0.15) is 20.7 Å². The molecule has 2 aromatic carbocycles. The van der Waals surface area contributed by atoms with Crippen molar-refractivity contribution in [3.05, 3.63) is 39.4 Å². The van der Waals surface area contributed by atoms with E-state index in [1.54, 1.807) is 0 Å². The molecule has 0 aliphatic rings. The van der Waals surface area contributed by atoms with Gasteiger partial charge in [-0.05, 0) is 12.1 Å². The van der Waals surface area contributed by atoms with E-state index >= 15 is 0 Å². The normalized spacial score (nSPS) is 11.6. The molecule has 0 radical (unpaired) electrons. The van der Waals surface area contributed by atoms with Gasteiger partial charge in [0.2, 0.25) is 0 Å².